The first-order chi connectivity index (χ1) is 16.5. The van der Waals surface area contributed by atoms with Crippen molar-refractivity contribution in [2.24, 2.45) is 0 Å². The van der Waals surface area contributed by atoms with Crippen LogP contribution in [0.2, 0.25) is 0 Å². The Balaban J connectivity index is 1.58. The van der Waals surface area contributed by atoms with Crippen molar-refractivity contribution in [1.82, 2.24) is 19.9 Å². The van der Waals surface area contributed by atoms with Gasteiger partial charge in [0.1, 0.15) is 5.78 Å². The minimum Gasteiger partial charge on any atom is -0.300 e. The Morgan fingerprint density at radius 3 is 2.47 bits per heavy atom. The molecule has 2 aromatic carbocycles. The predicted octanol–water partition coefficient (Wildman–Crippen LogP) is 6.93. The molecule has 0 unspecified atom stereocenters. The van der Waals surface area contributed by atoms with Gasteiger partial charge in [-0.3, -0.25) is 10.1 Å². The van der Waals surface area contributed by atoms with Crippen LogP contribution < -0.4 is 5.32 Å². The molecule has 0 saturated carbocycles. The number of thiazole rings is 1. The average Bonchev–Trinajstić information content (AvgIpc) is 3.30. The number of nitrogens with zero attached hydrogens (tertiary/aromatic N) is 4. The van der Waals surface area contributed by atoms with Crippen LogP contribution in [0.5, 0.6) is 0 Å². The Morgan fingerprint density at radius 2 is 1.79 bits per heavy atom. The lowest BCUT2D eigenvalue weighted by Gasteiger charge is -2.08. The topological polar surface area (TPSA) is 80.7 Å². The molecular formula is C26H27N5OS2. The number of carbonyl (C=O) groups is 1. The molecule has 0 aliphatic heterocycles. The minimum absolute atomic E-state index is 0.270. The summed E-state index contributed by atoms with van der Waals surface area (Å²) in [6.45, 7) is 6.32. The van der Waals surface area contributed by atoms with Gasteiger partial charge < -0.3 is 0 Å². The van der Waals surface area contributed by atoms with Gasteiger partial charge in [-0.1, -0.05) is 63.2 Å². The molecule has 0 spiro atoms. The molecule has 174 valence electrons. The maximum atomic E-state index is 11.9. The molecule has 0 saturated heterocycles. The lowest BCUT2D eigenvalue weighted by Crippen LogP contribution is -2.02. The second kappa shape index (κ2) is 11.4. The number of aromatic nitrogens is 4. The third-order valence-electron chi connectivity index (χ3n) is 5.02. The molecule has 2 aromatic heterocycles. The van der Waals surface area contributed by atoms with Crippen molar-refractivity contribution in [2.45, 2.75) is 56.0 Å². The summed E-state index contributed by atoms with van der Waals surface area (Å²) in [6, 6.07) is 17.9. The maximum absolute atomic E-state index is 11.9. The summed E-state index contributed by atoms with van der Waals surface area (Å²) >= 11 is 3.07. The van der Waals surface area contributed by atoms with Crippen LogP contribution in [0.1, 0.15) is 50.0 Å². The molecule has 0 aliphatic rings. The van der Waals surface area contributed by atoms with Gasteiger partial charge in [-0.2, -0.15) is 9.97 Å². The summed E-state index contributed by atoms with van der Waals surface area (Å²) in [7, 11) is 0. The highest BCUT2D eigenvalue weighted by molar-refractivity contribution is 7.99. The maximum Gasteiger partial charge on any atom is 0.233 e. The summed E-state index contributed by atoms with van der Waals surface area (Å²) in [6.07, 6.45) is 3.87. The molecule has 0 amide bonds. The van der Waals surface area contributed by atoms with Gasteiger partial charge >= 0.3 is 0 Å². The van der Waals surface area contributed by atoms with Crippen molar-refractivity contribution in [3.05, 3.63) is 71.2 Å². The van der Waals surface area contributed by atoms with Crippen molar-refractivity contribution in [1.29, 1.82) is 0 Å². The van der Waals surface area contributed by atoms with Crippen molar-refractivity contribution < 1.29 is 4.79 Å². The summed E-state index contributed by atoms with van der Waals surface area (Å²) in [5.41, 5.74) is 1.94. The van der Waals surface area contributed by atoms with Crippen LogP contribution >= 0.6 is 23.1 Å². The number of hydrogen-bond acceptors (Lipinski definition) is 8. The molecule has 1 N–H and O–H groups in total. The number of carbonyl (C=O) groups excluding carboxylic acids is 1. The van der Waals surface area contributed by atoms with E-state index in [1.807, 2.05) is 67.7 Å². The summed E-state index contributed by atoms with van der Waals surface area (Å²) < 4.78 is 0. The van der Waals surface area contributed by atoms with Crippen molar-refractivity contribution in [3.8, 4) is 11.4 Å². The number of anilines is 2. The zero-order chi connectivity index (χ0) is 23.9. The monoisotopic (exact) mass is 489 g/mol. The third-order valence-corrected chi connectivity index (χ3v) is 7.11. The number of benzene rings is 2. The van der Waals surface area contributed by atoms with E-state index in [2.05, 4.69) is 34.1 Å². The number of Topliss-reactive ketones (excluding diaryl/α,β-unsaturated/α-hetero) is 1. The van der Waals surface area contributed by atoms with Crippen LogP contribution in [0, 0.1) is 0 Å². The van der Waals surface area contributed by atoms with Crippen molar-refractivity contribution in [3.63, 3.8) is 0 Å². The van der Waals surface area contributed by atoms with Gasteiger partial charge in [0.15, 0.2) is 16.1 Å². The Morgan fingerprint density at radius 1 is 1.03 bits per heavy atom. The Bertz CT molecular complexity index is 1240. The normalized spacial score (nSPS) is 11.1. The van der Waals surface area contributed by atoms with Crippen LogP contribution in [0.4, 0.5) is 11.1 Å². The van der Waals surface area contributed by atoms with Gasteiger partial charge in [-0.05, 0) is 41.8 Å². The average molecular weight is 490 g/mol. The van der Waals surface area contributed by atoms with Gasteiger partial charge in [0.2, 0.25) is 5.95 Å². The number of rotatable bonds is 10. The largest absolute Gasteiger partial charge is 0.300 e. The minimum atomic E-state index is 0.270. The molecule has 0 radical (unpaired) electrons. The Labute approximate surface area is 208 Å². The highest BCUT2D eigenvalue weighted by Gasteiger charge is 2.13. The van der Waals surface area contributed by atoms with E-state index in [9.17, 15) is 4.79 Å². The number of ketones is 1. The van der Waals surface area contributed by atoms with Crippen LogP contribution in [0.25, 0.3) is 11.4 Å². The van der Waals surface area contributed by atoms with Crippen LogP contribution in [-0.4, -0.2) is 25.7 Å². The van der Waals surface area contributed by atoms with E-state index < -0.39 is 0 Å². The smallest absolute Gasteiger partial charge is 0.233 e. The first kappa shape index (κ1) is 24.0. The van der Waals surface area contributed by atoms with E-state index in [0.717, 1.165) is 27.6 Å². The van der Waals surface area contributed by atoms with E-state index in [1.165, 1.54) is 16.6 Å². The standard InChI is InChI=1S/C26H27N5OS2/c1-4-8-20(32)15-18-11-13-21(14-12-18)33-26-29-23(19-9-6-5-7-10-19)28-24(31-26)30-25-27-16-22(34-25)17(2)3/h5-7,9-14,16-17H,4,8,15H2,1-3H3,(H,27,28,29,30,31). The Kier molecular flexibility index (Phi) is 8.03. The van der Waals surface area contributed by atoms with Crippen LogP contribution in [-0.2, 0) is 11.2 Å². The van der Waals surface area contributed by atoms with E-state index in [0.29, 0.717) is 35.7 Å². The van der Waals surface area contributed by atoms with E-state index in [4.69, 9.17) is 4.98 Å². The van der Waals surface area contributed by atoms with Crippen molar-refractivity contribution >= 4 is 40.0 Å². The predicted molar refractivity (Wildman–Crippen MR) is 139 cm³/mol. The number of nitrogens with one attached hydrogen (secondary N) is 1. The fourth-order valence-electron chi connectivity index (χ4n) is 3.26. The lowest BCUT2D eigenvalue weighted by atomic mass is 10.1. The first-order valence-electron chi connectivity index (χ1n) is 11.3. The Hall–Kier alpha value is -3.10. The molecule has 34 heavy (non-hydrogen) atoms. The fourth-order valence-corrected chi connectivity index (χ4v) is 4.82. The first-order valence-corrected chi connectivity index (χ1v) is 13.0. The molecule has 0 bridgehead atoms. The van der Waals surface area contributed by atoms with Gasteiger partial charge in [-0.25, -0.2) is 9.97 Å². The van der Waals surface area contributed by atoms with Gasteiger partial charge in [0.05, 0.1) is 0 Å². The van der Waals surface area contributed by atoms with Gasteiger partial charge in [0.25, 0.3) is 0 Å². The van der Waals surface area contributed by atoms with Crippen molar-refractivity contribution in [2.75, 3.05) is 5.32 Å². The zero-order valence-corrected chi connectivity index (χ0v) is 21.1. The van der Waals surface area contributed by atoms with E-state index in [1.54, 1.807) is 11.3 Å². The molecule has 0 fully saturated rings. The summed E-state index contributed by atoms with van der Waals surface area (Å²) in [4.78, 5) is 32.6. The lowest BCUT2D eigenvalue weighted by molar-refractivity contribution is -0.118. The number of hydrogen-bond donors (Lipinski definition) is 1. The SMILES string of the molecule is CCCC(=O)Cc1ccc(Sc2nc(Nc3ncc(C(C)C)s3)nc(-c3ccccc3)n2)cc1. The van der Waals surface area contributed by atoms with Gasteiger partial charge in [-0.15, -0.1) is 11.3 Å². The fraction of sp³-hybridized carbons (Fsp3) is 0.269. The van der Waals surface area contributed by atoms with Gasteiger partial charge in [0, 0.05) is 34.4 Å². The molecule has 4 aromatic rings. The highest BCUT2D eigenvalue weighted by Crippen LogP contribution is 2.30. The summed E-state index contributed by atoms with van der Waals surface area (Å²) in [5, 5.41) is 4.60. The second-order valence-corrected chi connectivity index (χ2v) is 10.3. The second-order valence-electron chi connectivity index (χ2n) is 8.19. The molecule has 0 atom stereocenters. The molecule has 2 heterocycles. The third kappa shape index (κ3) is 6.48. The van der Waals surface area contributed by atoms with Crippen LogP contribution in [0.3, 0.4) is 0 Å². The van der Waals surface area contributed by atoms with Crippen LogP contribution in [0.15, 0.2) is 70.8 Å². The highest BCUT2D eigenvalue weighted by atomic mass is 32.2. The molecule has 8 heteroatoms. The van der Waals surface area contributed by atoms with E-state index >= 15 is 0 Å². The quantitative estimate of drug-likeness (QED) is 0.259. The molecular weight excluding hydrogens is 462 g/mol. The molecule has 4 rings (SSSR count). The molecule has 6 nitrogen and oxygen atoms in total. The molecule has 0 aliphatic carbocycles. The zero-order valence-electron chi connectivity index (χ0n) is 19.5. The summed E-state index contributed by atoms with van der Waals surface area (Å²) in [5.74, 6) is 1.75. The van der Waals surface area contributed by atoms with E-state index in [-0.39, 0.29) is 5.78 Å².